The summed E-state index contributed by atoms with van der Waals surface area (Å²) in [6.07, 6.45) is 2.27. The van der Waals surface area contributed by atoms with Crippen LogP contribution >= 0.6 is 11.3 Å². The molecule has 2 heterocycles. The maximum Gasteiger partial charge on any atom is 0.351 e. The second-order valence-electron chi connectivity index (χ2n) is 6.34. The predicted octanol–water partition coefficient (Wildman–Crippen LogP) is 3.92. The second kappa shape index (κ2) is 6.84. The van der Waals surface area contributed by atoms with Gasteiger partial charge in [-0.15, -0.1) is 0 Å². The lowest BCUT2D eigenvalue weighted by molar-refractivity contribution is -0.560. The highest BCUT2D eigenvalue weighted by Gasteiger charge is 2.46. The van der Waals surface area contributed by atoms with Crippen LogP contribution in [0.3, 0.4) is 0 Å². The lowest BCUT2D eigenvalue weighted by Gasteiger charge is -2.23. The molecule has 26 heavy (non-hydrogen) atoms. The standard InChI is InChI=1S/C21H19N2O2S/c1-2-18-19(24)22-12-13-26-21(22)23(20(18)25)14-15-8-10-17(11-9-15)16-6-4-3-5-7-16/h3-13,18H,2,14H2,1H3/q+1. The van der Waals surface area contributed by atoms with Crippen LogP contribution in [0.5, 0.6) is 0 Å². The Bertz CT molecular complexity index is 948. The summed E-state index contributed by atoms with van der Waals surface area (Å²) < 4.78 is 1.61. The van der Waals surface area contributed by atoms with E-state index in [1.807, 2.05) is 42.6 Å². The smallest absolute Gasteiger partial charge is 0.246 e. The Kier molecular flexibility index (Phi) is 4.39. The lowest BCUT2D eigenvalue weighted by Crippen LogP contribution is -2.59. The van der Waals surface area contributed by atoms with Crippen molar-refractivity contribution in [1.29, 1.82) is 0 Å². The fourth-order valence-electron chi connectivity index (χ4n) is 3.30. The number of benzene rings is 2. The van der Waals surface area contributed by atoms with Crippen molar-refractivity contribution in [1.82, 2.24) is 0 Å². The third-order valence-corrected chi connectivity index (χ3v) is 5.62. The molecule has 0 fully saturated rings. The van der Waals surface area contributed by atoms with Crippen molar-refractivity contribution in [3.63, 3.8) is 0 Å². The third kappa shape index (κ3) is 2.84. The van der Waals surface area contributed by atoms with E-state index >= 15 is 0 Å². The molecule has 0 saturated carbocycles. The van der Waals surface area contributed by atoms with Gasteiger partial charge in [0.25, 0.3) is 0 Å². The normalized spacial score (nSPS) is 16.7. The third-order valence-electron chi connectivity index (χ3n) is 4.73. The van der Waals surface area contributed by atoms with Crippen LogP contribution in [0.25, 0.3) is 11.1 Å². The number of carbonyl (C=O) groups is 2. The average Bonchev–Trinajstić information content (AvgIpc) is 3.17. The van der Waals surface area contributed by atoms with Crippen molar-refractivity contribution in [2.75, 3.05) is 4.90 Å². The van der Waals surface area contributed by atoms with Crippen LogP contribution in [-0.4, -0.2) is 11.8 Å². The van der Waals surface area contributed by atoms with Crippen LogP contribution in [0.2, 0.25) is 0 Å². The molecule has 1 aromatic heterocycles. The SMILES string of the molecule is CCC1C(=O)N(Cc2ccc(-c3ccccc3)cc2)c2scc[n+]2C1=O. The van der Waals surface area contributed by atoms with E-state index in [2.05, 4.69) is 24.3 Å². The van der Waals surface area contributed by atoms with E-state index in [0.717, 1.165) is 11.1 Å². The first-order valence-electron chi connectivity index (χ1n) is 8.68. The Hall–Kier alpha value is -2.79. The minimum Gasteiger partial charge on any atom is -0.246 e. The largest absolute Gasteiger partial charge is 0.351 e. The number of aromatic nitrogens is 1. The van der Waals surface area contributed by atoms with Gasteiger partial charge in [0.1, 0.15) is 12.7 Å². The number of carbonyl (C=O) groups excluding carboxylic acids is 2. The number of hydrogen-bond donors (Lipinski definition) is 0. The van der Waals surface area contributed by atoms with Crippen LogP contribution in [0.4, 0.5) is 5.13 Å². The molecule has 0 spiro atoms. The number of fused-ring (bicyclic) bond motifs is 1. The monoisotopic (exact) mass is 363 g/mol. The molecule has 5 heteroatoms. The lowest BCUT2D eigenvalue weighted by atomic mass is 10.0. The summed E-state index contributed by atoms with van der Waals surface area (Å²) in [6.45, 7) is 2.35. The summed E-state index contributed by atoms with van der Waals surface area (Å²) in [5.41, 5.74) is 3.36. The molecule has 1 unspecified atom stereocenters. The Morgan fingerprint density at radius 2 is 1.69 bits per heavy atom. The molecule has 1 aliphatic heterocycles. The molecule has 0 saturated heterocycles. The van der Waals surface area contributed by atoms with Gasteiger partial charge in [0.2, 0.25) is 0 Å². The summed E-state index contributed by atoms with van der Waals surface area (Å²) in [5, 5.41) is 2.54. The number of anilines is 1. The van der Waals surface area contributed by atoms with Gasteiger partial charge in [-0.05, 0) is 23.1 Å². The van der Waals surface area contributed by atoms with Crippen molar-refractivity contribution in [3.05, 3.63) is 71.7 Å². The van der Waals surface area contributed by atoms with Crippen LogP contribution < -0.4 is 9.47 Å². The maximum atomic E-state index is 12.8. The fraction of sp³-hybridized carbons (Fsp3) is 0.190. The van der Waals surface area contributed by atoms with Gasteiger partial charge < -0.3 is 0 Å². The number of amides is 1. The van der Waals surface area contributed by atoms with E-state index in [-0.39, 0.29) is 11.8 Å². The number of thiazole rings is 1. The molecule has 1 atom stereocenters. The minimum absolute atomic E-state index is 0.105. The molecule has 3 aromatic rings. The summed E-state index contributed by atoms with van der Waals surface area (Å²) >= 11 is 1.42. The topological polar surface area (TPSA) is 41.3 Å². The summed E-state index contributed by atoms with van der Waals surface area (Å²) in [7, 11) is 0. The number of hydrogen-bond acceptors (Lipinski definition) is 3. The van der Waals surface area contributed by atoms with E-state index < -0.39 is 5.92 Å². The van der Waals surface area contributed by atoms with Crippen molar-refractivity contribution in [2.24, 2.45) is 5.92 Å². The highest BCUT2D eigenvalue weighted by molar-refractivity contribution is 7.13. The van der Waals surface area contributed by atoms with Gasteiger partial charge >= 0.3 is 16.9 Å². The maximum absolute atomic E-state index is 12.8. The van der Waals surface area contributed by atoms with E-state index in [1.165, 1.54) is 16.9 Å². The zero-order chi connectivity index (χ0) is 18.1. The van der Waals surface area contributed by atoms with Gasteiger partial charge in [-0.3, -0.25) is 0 Å². The number of nitrogens with zero attached hydrogens (tertiary/aromatic N) is 2. The highest BCUT2D eigenvalue weighted by Crippen LogP contribution is 2.27. The van der Waals surface area contributed by atoms with Crippen LogP contribution in [0.15, 0.2) is 66.2 Å². The second-order valence-corrected chi connectivity index (χ2v) is 7.22. The van der Waals surface area contributed by atoms with Crippen molar-refractivity contribution >= 4 is 28.3 Å². The predicted molar refractivity (Wildman–Crippen MR) is 102 cm³/mol. The van der Waals surface area contributed by atoms with Gasteiger partial charge in [0.05, 0.1) is 0 Å². The van der Waals surface area contributed by atoms with Gasteiger partial charge in [-0.25, -0.2) is 9.59 Å². The molecule has 4 rings (SSSR count). The Labute approximate surface area is 156 Å². The van der Waals surface area contributed by atoms with E-state index in [4.69, 9.17) is 0 Å². The van der Waals surface area contributed by atoms with Gasteiger partial charge in [0, 0.05) is 5.38 Å². The van der Waals surface area contributed by atoms with Crippen molar-refractivity contribution < 1.29 is 14.2 Å². The molecule has 0 N–H and O–H groups in total. The van der Waals surface area contributed by atoms with Crippen LogP contribution in [-0.2, 0) is 11.3 Å². The molecule has 2 aromatic carbocycles. The van der Waals surface area contributed by atoms with Gasteiger partial charge in [0.15, 0.2) is 5.92 Å². The van der Waals surface area contributed by atoms with E-state index in [1.54, 1.807) is 15.7 Å². The molecular formula is C21H19N2O2S+. The van der Waals surface area contributed by atoms with Crippen LogP contribution in [0.1, 0.15) is 23.7 Å². The first-order chi connectivity index (χ1) is 12.7. The summed E-state index contributed by atoms with van der Waals surface area (Å²) in [4.78, 5) is 27.0. The molecule has 130 valence electrons. The molecule has 0 aliphatic carbocycles. The first-order valence-corrected chi connectivity index (χ1v) is 9.56. The fourth-order valence-corrected chi connectivity index (χ4v) is 4.15. The Morgan fingerprint density at radius 1 is 1.00 bits per heavy atom. The molecule has 1 aliphatic rings. The van der Waals surface area contributed by atoms with E-state index in [0.29, 0.717) is 18.1 Å². The summed E-state index contributed by atoms with van der Waals surface area (Å²) in [5.74, 6) is -0.817. The first kappa shape index (κ1) is 16.7. The Balaban J connectivity index is 1.62. The van der Waals surface area contributed by atoms with Crippen LogP contribution in [0, 0.1) is 5.92 Å². The zero-order valence-electron chi connectivity index (χ0n) is 14.5. The van der Waals surface area contributed by atoms with Gasteiger partial charge in [-0.2, -0.15) is 9.47 Å². The van der Waals surface area contributed by atoms with E-state index in [9.17, 15) is 9.59 Å². The summed E-state index contributed by atoms with van der Waals surface area (Å²) in [6, 6.07) is 18.4. The number of rotatable bonds is 4. The molecule has 1 amide bonds. The molecule has 0 radical (unpaired) electrons. The highest BCUT2D eigenvalue weighted by atomic mass is 32.1. The zero-order valence-corrected chi connectivity index (χ0v) is 15.3. The Morgan fingerprint density at radius 3 is 2.38 bits per heavy atom. The quantitative estimate of drug-likeness (QED) is 0.521. The minimum atomic E-state index is -0.592. The molecular weight excluding hydrogens is 344 g/mol. The average molecular weight is 363 g/mol. The van der Waals surface area contributed by atoms with Crippen molar-refractivity contribution in [2.45, 2.75) is 19.9 Å². The van der Waals surface area contributed by atoms with Gasteiger partial charge in [-0.1, -0.05) is 72.9 Å². The molecule has 4 nitrogen and oxygen atoms in total. The molecule has 0 bridgehead atoms. The van der Waals surface area contributed by atoms with Crippen molar-refractivity contribution in [3.8, 4) is 11.1 Å².